The van der Waals surface area contributed by atoms with Crippen molar-refractivity contribution < 1.29 is 9.13 Å². The molecule has 1 aromatic rings. The van der Waals surface area contributed by atoms with Crippen LogP contribution in [0.5, 0.6) is 5.88 Å². The van der Waals surface area contributed by atoms with Gasteiger partial charge in [-0.25, -0.2) is 0 Å². The zero-order valence-corrected chi connectivity index (χ0v) is 7.96. The van der Waals surface area contributed by atoms with Gasteiger partial charge in [0.2, 0.25) is 11.8 Å². The van der Waals surface area contributed by atoms with Gasteiger partial charge in [0.25, 0.3) is 0 Å². The number of nitrogens with zero attached hydrogens (tertiary/aromatic N) is 1. The molecule has 0 bridgehead atoms. The minimum atomic E-state index is -0.499. The van der Waals surface area contributed by atoms with Crippen LogP contribution in [0.4, 0.5) is 4.39 Å². The summed E-state index contributed by atoms with van der Waals surface area (Å²) in [6.07, 6.45) is 2.11. The first-order valence-electron chi connectivity index (χ1n) is 4.51. The summed E-state index contributed by atoms with van der Waals surface area (Å²) in [6, 6.07) is 4.56. The Bertz CT molecular complexity index is 265. The summed E-state index contributed by atoms with van der Waals surface area (Å²) in [4.78, 5) is 3.61. The van der Waals surface area contributed by atoms with Crippen molar-refractivity contribution in [1.29, 1.82) is 0 Å². The Kier molecular flexibility index (Phi) is 3.68. The summed E-state index contributed by atoms with van der Waals surface area (Å²) in [6.45, 7) is 4.04. The van der Waals surface area contributed by atoms with E-state index in [1.54, 1.807) is 12.1 Å². The van der Waals surface area contributed by atoms with Gasteiger partial charge in [-0.1, -0.05) is 19.4 Å². The molecule has 72 valence electrons. The fraction of sp³-hybridized carbons (Fsp3) is 0.500. The smallest absolute Gasteiger partial charge is 0.216 e. The summed E-state index contributed by atoms with van der Waals surface area (Å²) in [5, 5.41) is 0. The van der Waals surface area contributed by atoms with E-state index in [4.69, 9.17) is 4.74 Å². The molecular formula is C10H14FNO. The molecule has 1 heterocycles. The van der Waals surface area contributed by atoms with E-state index in [0.29, 0.717) is 5.88 Å². The summed E-state index contributed by atoms with van der Waals surface area (Å²) < 4.78 is 18.0. The Morgan fingerprint density at radius 3 is 2.92 bits per heavy atom. The van der Waals surface area contributed by atoms with Crippen LogP contribution in [-0.2, 0) is 0 Å². The van der Waals surface area contributed by atoms with Crippen LogP contribution in [0.2, 0.25) is 0 Å². The zero-order chi connectivity index (χ0) is 9.68. The summed E-state index contributed by atoms with van der Waals surface area (Å²) >= 11 is 0. The highest BCUT2D eigenvalue weighted by molar-refractivity contribution is 5.10. The summed E-state index contributed by atoms with van der Waals surface area (Å²) in [5.74, 6) is -0.137. The standard InChI is InChI=1S/C10H14FNO/c1-3-5-8(2)13-10-7-4-6-9(11)12-10/h4,6-8H,3,5H2,1-2H3. The van der Waals surface area contributed by atoms with Crippen molar-refractivity contribution in [1.82, 2.24) is 4.98 Å². The molecule has 0 aromatic carbocycles. The lowest BCUT2D eigenvalue weighted by atomic mass is 10.2. The van der Waals surface area contributed by atoms with Gasteiger partial charge in [0, 0.05) is 6.07 Å². The van der Waals surface area contributed by atoms with Crippen molar-refractivity contribution in [2.24, 2.45) is 0 Å². The largest absolute Gasteiger partial charge is 0.475 e. The van der Waals surface area contributed by atoms with Crippen molar-refractivity contribution in [3.63, 3.8) is 0 Å². The Balaban J connectivity index is 2.53. The maximum atomic E-state index is 12.6. The molecule has 0 aliphatic rings. The quantitative estimate of drug-likeness (QED) is 0.669. The summed E-state index contributed by atoms with van der Waals surface area (Å²) in [5.41, 5.74) is 0. The van der Waals surface area contributed by atoms with Gasteiger partial charge in [0.1, 0.15) is 0 Å². The zero-order valence-electron chi connectivity index (χ0n) is 7.96. The molecule has 0 saturated carbocycles. The minimum Gasteiger partial charge on any atom is -0.475 e. The van der Waals surface area contributed by atoms with E-state index in [1.165, 1.54) is 6.07 Å². The maximum absolute atomic E-state index is 12.6. The van der Waals surface area contributed by atoms with Gasteiger partial charge < -0.3 is 4.74 Å². The molecule has 0 amide bonds. The topological polar surface area (TPSA) is 22.1 Å². The van der Waals surface area contributed by atoms with Crippen molar-refractivity contribution in [2.45, 2.75) is 32.8 Å². The number of hydrogen-bond acceptors (Lipinski definition) is 2. The Hall–Kier alpha value is -1.12. The van der Waals surface area contributed by atoms with Crippen LogP contribution in [0.15, 0.2) is 18.2 Å². The minimum absolute atomic E-state index is 0.0966. The fourth-order valence-corrected chi connectivity index (χ4v) is 1.13. The third kappa shape index (κ3) is 3.40. The Labute approximate surface area is 77.8 Å². The molecule has 1 rings (SSSR count). The lowest BCUT2D eigenvalue weighted by Gasteiger charge is -2.12. The molecule has 13 heavy (non-hydrogen) atoms. The first kappa shape index (κ1) is 9.96. The van der Waals surface area contributed by atoms with E-state index in [2.05, 4.69) is 11.9 Å². The SMILES string of the molecule is CCCC(C)Oc1cccc(F)n1. The van der Waals surface area contributed by atoms with Gasteiger partial charge in [-0.3, -0.25) is 0 Å². The second kappa shape index (κ2) is 4.80. The predicted octanol–water partition coefficient (Wildman–Crippen LogP) is 2.79. The first-order valence-corrected chi connectivity index (χ1v) is 4.51. The molecule has 1 atom stereocenters. The molecule has 2 nitrogen and oxygen atoms in total. The molecule has 3 heteroatoms. The van der Waals surface area contributed by atoms with E-state index in [-0.39, 0.29) is 6.10 Å². The lowest BCUT2D eigenvalue weighted by Crippen LogP contribution is -2.12. The molecule has 0 saturated heterocycles. The number of rotatable bonds is 4. The predicted molar refractivity (Wildman–Crippen MR) is 49.2 cm³/mol. The van der Waals surface area contributed by atoms with Crippen LogP contribution in [0, 0.1) is 5.95 Å². The van der Waals surface area contributed by atoms with Crippen LogP contribution >= 0.6 is 0 Å². The van der Waals surface area contributed by atoms with E-state index in [0.717, 1.165) is 12.8 Å². The van der Waals surface area contributed by atoms with Crippen molar-refractivity contribution in [2.75, 3.05) is 0 Å². The molecule has 0 N–H and O–H groups in total. The van der Waals surface area contributed by atoms with Gasteiger partial charge in [-0.05, 0) is 19.4 Å². The molecular weight excluding hydrogens is 169 g/mol. The average Bonchev–Trinajstić information content (AvgIpc) is 2.04. The van der Waals surface area contributed by atoms with Crippen LogP contribution in [0.1, 0.15) is 26.7 Å². The van der Waals surface area contributed by atoms with E-state index in [9.17, 15) is 4.39 Å². The Morgan fingerprint density at radius 1 is 1.54 bits per heavy atom. The second-order valence-electron chi connectivity index (χ2n) is 3.02. The van der Waals surface area contributed by atoms with Gasteiger partial charge >= 0.3 is 0 Å². The van der Waals surface area contributed by atoms with Crippen LogP contribution in [0.3, 0.4) is 0 Å². The van der Waals surface area contributed by atoms with Crippen LogP contribution in [-0.4, -0.2) is 11.1 Å². The highest BCUT2D eigenvalue weighted by Gasteiger charge is 2.03. The number of halogens is 1. The van der Waals surface area contributed by atoms with Gasteiger partial charge in [-0.2, -0.15) is 9.37 Å². The van der Waals surface area contributed by atoms with Crippen LogP contribution < -0.4 is 4.74 Å². The molecule has 0 radical (unpaired) electrons. The maximum Gasteiger partial charge on any atom is 0.216 e. The molecule has 0 fully saturated rings. The Morgan fingerprint density at radius 2 is 2.31 bits per heavy atom. The lowest BCUT2D eigenvalue weighted by molar-refractivity contribution is 0.199. The van der Waals surface area contributed by atoms with E-state index >= 15 is 0 Å². The monoisotopic (exact) mass is 183 g/mol. The number of pyridine rings is 1. The average molecular weight is 183 g/mol. The number of aromatic nitrogens is 1. The molecule has 0 aliphatic carbocycles. The third-order valence-corrected chi connectivity index (χ3v) is 1.71. The molecule has 0 spiro atoms. The van der Waals surface area contributed by atoms with Gasteiger partial charge in [0.15, 0.2) is 0 Å². The van der Waals surface area contributed by atoms with Crippen LogP contribution in [0.25, 0.3) is 0 Å². The van der Waals surface area contributed by atoms with Gasteiger partial charge in [0.05, 0.1) is 6.10 Å². The third-order valence-electron chi connectivity index (χ3n) is 1.71. The van der Waals surface area contributed by atoms with E-state index in [1.807, 2.05) is 6.92 Å². The molecule has 0 aliphatic heterocycles. The first-order chi connectivity index (χ1) is 6.22. The number of ether oxygens (including phenoxy) is 1. The fourth-order valence-electron chi connectivity index (χ4n) is 1.13. The summed E-state index contributed by atoms with van der Waals surface area (Å²) in [7, 11) is 0. The molecule has 1 unspecified atom stereocenters. The van der Waals surface area contributed by atoms with Crippen molar-refractivity contribution in [3.05, 3.63) is 24.1 Å². The highest BCUT2D eigenvalue weighted by atomic mass is 19.1. The van der Waals surface area contributed by atoms with E-state index < -0.39 is 5.95 Å². The normalized spacial score (nSPS) is 12.5. The van der Waals surface area contributed by atoms with Crippen molar-refractivity contribution in [3.8, 4) is 5.88 Å². The molecule has 1 aromatic heterocycles. The second-order valence-corrected chi connectivity index (χ2v) is 3.02. The van der Waals surface area contributed by atoms with Gasteiger partial charge in [-0.15, -0.1) is 0 Å². The van der Waals surface area contributed by atoms with Crippen molar-refractivity contribution >= 4 is 0 Å². The highest BCUT2D eigenvalue weighted by Crippen LogP contribution is 2.10. The number of hydrogen-bond donors (Lipinski definition) is 0.